The van der Waals surface area contributed by atoms with Crippen LogP contribution in [0.3, 0.4) is 0 Å². The molecule has 0 bridgehead atoms. The van der Waals surface area contributed by atoms with Gasteiger partial charge in [-0.3, -0.25) is 4.68 Å². The average molecular weight is 364 g/mol. The Labute approximate surface area is 160 Å². The van der Waals surface area contributed by atoms with Gasteiger partial charge in [-0.05, 0) is 36.5 Å². The molecule has 1 aromatic carbocycles. The number of nitrogen functional groups attached to an aromatic ring is 1. The molecule has 142 valence electrons. The summed E-state index contributed by atoms with van der Waals surface area (Å²) in [6, 6.07) is 6.72. The lowest BCUT2D eigenvalue weighted by Crippen LogP contribution is -2.23. The first kappa shape index (κ1) is 17.8. The van der Waals surface area contributed by atoms with Crippen LogP contribution in [0, 0.1) is 5.92 Å². The Morgan fingerprint density at radius 2 is 1.96 bits per heavy atom. The fourth-order valence-corrected chi connectivity index (χ4v) is 3.86. The van der Waals surface area contributed by atoms with Gasteiger partial charge in [-0.25, -0.2) is 4.98 Å². The summed E-state index contributed by atoms with van der Waals surface area (Å²) in [6.45, 7) is 5.31. The van der Waals surface area contributed by atoms with Crippen molar-refractivity contribution in [3.05, 3.63) is 30.6 Å². The van der Waals surface area contributed by atoms with Gasteiger partial charge in [-0.1, -0.05) is 39.2 Å². The van der Waals surface area contributed by atoms with E-state index in [0.717, 1.165) is 34.4 Å². The van der Waals surface area contributed by atoms with E-state index in [4.69, 9.17) is 5.73 Å². The van der Waals surface area contributed by atoms with Crippen molar-refractivity contribution in [3.63, 3.8) is 0 Å². The van der Waals surface area contributed by atoms with Crippen molar-refractivity contribution in [2.75, 3.05) is 11.1 Å². The second kappa shape index (κ2) is 7.55. The van der Waals surface area contributed by atoms with Crippen molar-refractivity contribution in [2.45, 2.75) is 58.5 Å². The molecule has 4 rings (SSSR count). The predicted molar refractivity (Wildman–Crippen MR) is 111 cm³/mol. The van der Waals surface area contributed by atoms with Gasteiger partial charge >= 0.3 is 0 Å². The molecule has 2 heterocycles. The monoisotopic (exact) mass is 364 g/mol. The van der Waals surface area contributed by atoms with Crippen molar-refractivity contribution < 1.29 is 0 Å². The van der Waals surface area contributed by atoms with E-state index in [1.807, 2.05) is 16.9 Å². The molecule has 6 heteroatoms. The van der Waals surface area contributed by atoms with Crippen LogP contribution in [-0.2, 0) is 6.54 Å². The molecule has 0 amide bonds. The Hall–Kier alpha value is -2.63. The van der Waals surface area contributed by atoms with Crippen molar-refractivity contribution in [3.8, 4) is 11.1 Å². The Morgan fingerprint density at radius 1 is 1.15 bits per heavy atom. The molecule has 2 aromatic heterocycles. The van der Waals surface area contributed by atoms with E-state index in [1.165, 1.54) is 32.1 Å². The number of aromatic nitrogens is 4. The molecule has 1 aliphatic rings. The molecule has 0 aliphatic heterocycles. The SMILES string of the molecule is CC(C)Cn1cc(-c2ccc3nc(N)nc(NC4CCCCC4)c3c2)cn1. The third-order valence-electron chi connectivity index (χ3n) is 5.18. The van der Waals surface area contributed by atoms with Crippen LogP contribution >= 0.6 is 0 Å². The van der Waals surface area contributed by atoms with Crippen LogP contribution in [0.25, 0.3) is 22.0 Å². The summed E-state index contributed by atoms with van der Waals surface area (Å²) in [5.41, 5.74) is 9.06. The molecule has 0 saturated heterocycles. The quantitative estimate of drug-likeness (QED) is 0.698. The molecule has 1 saturated carbocycles. The Kier molecular flexibility index (Phi) is 4.97. The summed E-state index contributed by atoms with van der Waals surface area (Å²) in [6.07, 6.45) is 10.3. The summed E-state index contributed by atoms with van der Waals surface area (Å²) >= 11 is 0. The van der Waals surface area contributed by atoms with Gasteiger partial charge in [0, 0.05) is 29.7 Å². The van der Waals surface area contributed by atoms with Gasteiger partial charge in [0.05, 0.1) is 11.7 Å². The first-order valence-electron chi connectivity index (χ1n) is 9.95. The smallest absolute Gasteiger partial charge is 0.222 e. The van der Waals surface area contributed by atoms with Crippen LogP contribution in [0.4, 0.5) is 11.8 Å². The van der Waals surface area contributed by atoms with E-state index in [1.54, 1.807) is 0 Å². The van der Waals surface area contributed by atoms with Crippen LogP contribution in [0.1, 0.15) is 46.0 Å². The minimum absolute atomic E-state index is 0.318. The zero-order valence-electron chi connectivity index (χ0n) is 16.2. The van der Waals surface area contributed by atoms with Crippen LogP contribution in [0.15, 0.2) is 30.6 Å². The Morgan fingerprint density at radius 3 is 2.74 bits per heavy atom. The van der Waals surface area contributed by atoms with Gasteiger partial charge < -0.3 is 11.1 Å². The lowest BCUT2D eigenvalue weighted by Gasteiger charge is -2.24. The zero-order valence-corrected chi connectivity index (χ0v) is 16.2. The van der Waals surface area contributed by atoms with Gasteiger partial charge in [-0.2, -0.15) is 10.1 Å². The number of fused-ring (bicyclic) bond motifs is 1. The van der Waals surface area contributed by atoms with E-state index in [9.17, 15) is 0 Å². The lowest BCUT2D eigenvalue weighted by molar-refractivity contribution is 0.462. The topological polar surface area (TPSA) is 81.7 Å². The molecule has 0 atom stereocenters. The van der Waals surface area contributed by atoms with E-state index in [0.29, 0.717) is 17.9 Å². The van der Waals surface area contributed by atoms with E-state index < -0.39 is 0 Å². The molecule has 0 unspecified atom stereocenters. The van der Waals surface area contributed by atoms with Crippen LogP contribution < -0.4 is 11.1 Å². The first-order valence-corrected chi connectivity index (χ1v) is 9.95. The molecule has 6 nitrogen and oxygen atoms in total. The molecule has 3 N–H and O–H groups in total. The summed E-state index contributed by atoms with van der Waals surface area (Å²) in [4.78, 5) is 8.92. The maximum atomic E-state index is 5.95. The van der Waals surface area contributed by atoms with Crippen molar-refractivity contribution in [1.29, 1.82) is 0 Å². The molecule has 0 radical (unpaired) electrons. The van der Waals surface area contributed by atoms with Crippen molar-refractivity contribution >= 4 is 22.7 Å². The molecule has 0 spiro atoms. The van der Waals surface area contributed by atoms with Gasteiger partial charge in [0.1, 0.15) is 5.82 Å². The normalized spacial score (nSPS) is 15.5. The van der Waals surface area contributed by atoms with E-state index >= 15 is 0 Å². The minimum Gasteiger partial charge on any atom is -0.368 e. The molecule has 1 aliphatic carbocycles. The van der Waals surface area contributed by atoms with Crippen LogP contribution in [0.2, 0.25) is 0 Å². The summed E-state index contributed by atoms with van der Waals surface area (Å²) in [7, 11) is 0. The second-order valence-corrected chi connectivity index (χ2v) is 7.99. The van der Waals surface area contributed by atoms with Gasteiger partial charge in [-0.15, -0.1) is 0 Å². The molecular weight excluding hydrogens is 336 g/mol. The van der Waals surface area contributed by atoms with Gasteiger partial charge in [0.25, 0.3) is 0 Å². The van der Waals surface area contributed by atoms with Gasteiger partial charge in [0.2, 0.25) is 5.95 Å². The predicted octanol–water partition coefficient (Wildman–Crippen LogP) is 4.48. The van der Waals surface area contributed by atoms with Gasteiger partial charge in [0.15, 0.2) is 0 Å². The third-order valence-corrected chi connectivity index (χ3v) is 5.18. The number of anilines is 2. The number of nitrogens with one attached hydrogen (secondary N) is 1. The number of rotatable bonds is 5. The largest absolute Gasteiger partial charge is 0.368 e. The molecule has 3 aromatic rings. The molecule has 27 heavy (non-hydrogen) atoms. The Balaban J connectivity index is 1.68. The summed E-state index contributed by atoms with van der Waals surface area (Å²) in [5.74, 6) is 1.73. The second-order valence-electron chi connectivity index (χ2n) is 7.99. The highest BCUT2D eigenvalue weighted by atomic mass is 15.3. The number of hydrogen-bond donors (Lipinski definition) is 2. The fourth-order valence-electron chi connectivity index (χ4n) is 3.86. The van der Waals surface area contributed by atoms with E-state index in [-0.39, 0.29) is 0 Å². The van der Waals surface area contributed by atoms with E-state index in [2.05, 4.69) is 52.6 Å². The average Bonchev–Trinajstić information content (AvgIpc) is 3.10. The Bertz CT molecular complexity index is 924. The highest BCUT2D eigenvalue weighted by Crippen LogP contribution is 2.30. The number of hydrogen-bond acceptors (Lipinski definition) is 5. The molecule has 1 fully saturated rings. The maximum Gasteiger partial charge on any atom is 0.222 e. The van der Waals surface area contributed by atoms with Crippen molar-refractivity contribution in [1.82, 2.24) is 19.7 Å². The third kappa shape index (κ3) is 4.04. The number of nitrogens with zero attached hydrogens (tertiary/aromatic N) is 4. The first-order chi connectivity index (χ1) is 13.1. The standard InChI is InChI=1S/C21H28N6/c1-14(2)12-27-13-16(11-23-27)15-8-9-19-18(10-15)20(26-21(22)25-19)24-17-6-4-3-5-7-17/h8-11,13-14,17H,3-7,12H2,1-2H3,(H3,22,24,25,26). The summed E-state index contributed by atoms with van der Waals surface area (Å²) in [5, 5.41) is 9.13. The number of benzene rings is 1. The van der Waals surface area contributed by atoms with Crippen LogP contribution in [-0.4, -0.2) is 25.8 Å². The highest BCUT2D eigenvalue weighted by molar-refractivity contribution is 5.93. The van der Waals surface area contributed by atoms with Crippen LogP contribution in [0.5, 0.6) is 0 Å². The summed E-state index contributed by atoms with van der Waals surface area (Å²) < 4.78 is 2.00. The number of nitrogens with two attached hydrogens (primary N) is 1. The highest BCUT2D eigenvalue weighted by Gasteiger charge is 2.16. The fraction of sp³-hybridized carbons (Fsp3) is 0.476. The zero-order chi connectivity index (χ0) is 18.8. The van der Waals surface area contributed by atoms with Crippen molar-refractivity contribution in [2.24, 2.45) is 5.92 Å². The minimum atomic E-state index is 0.318. The molecular formula is C21H28N6. The lowest BCUT2D eigenvalue weighted by atomic mass is 9.95. The maximum absolute atomic E-state index is 5.95.